The molecule has 0 amide bonds. The Morgan fingerprint density at radius 1 is 1.09 bits per heavy atom. The molecule has 0 bridgehead atoms. The molecular weight excluding hydrogens is 328 g/mol. The van der Waals surface area contributed by atoms with E-state index in [1.54, 1.807) is 6.20 Å². The first-order chi connectivity index (χ1) is 11.3. The molecule has 1 N–H and O–H groups in total. The van der Waals surface area contributed by atoms with E-state index in [1.807, 2.05) is 24.3 Å². The second-order valence-electron chi connectivity index (χ2n) is 5.57. The Labute approximate surface area is 148 Å². The van der Waals surface area contributed by atoms with E-state index in [0.29, 0.717) is 4.47 Å². The number of nitrogens with one attached hydrogen (secondary N) is 1. The van der Waals surface area contributed by atoms with Gasteiger partial charge in [-0.3, -0.25) is 0 Å². The number of thiazole rings is 1. The third kappa shape index (κ3) is 7.23. The quantitative estimate of drug-likeness (QED) is 0.492. The molecule has 1 aromatic heterocycles. The monoisotopic (exact) mass is 352 g/mol. The van der Waals surface area contributed by atoms with Crippen LogP contribution in [0.5, 0.6) is 5.75 Å². The summed E-state index contributed by atoms with van der Waals surface area (Å²) in [6, 6.07) is 8.11. The Bertz CT molecular complexity index is 556. The fraction of sp³-hybridized carbons (Fsp3) is 0.500. The summed E-state index contributed by atoms with van der Waals surface area (Å²) >= 11 is 7.32. The van der Waals surface area contributed by atoms with E-state index in [2.05, 4.69) is 17.2 Å². The minimum Gasteiger partial charge on any atom is -0.494 e. The van der Waals surface area contributed by atoms with Crippen molar-refractivity contribution in [2.24, 2.45) is 0 Å². The highest BCUT2D eigenvalue weighted by Gasteiger charge is 2.00. The van der Waals surface area contributed by atoms with E-state index in [-0.39, 0.29) is 0 Å². The fourth-order valence-corrected chi connectivity index (χ4v) is 3.21. The largest absolute Gasteiger partial charge is 0.494 e. The van der Waals surface area contributed by atoms with Crippen molar-refractivity contribution in [1.82, 2.24) is 4.98 Å². The van der Waals surface area contributed by atoms with Crippen LogP contribution in [0, 0.1) is 0 Å². The van der Waals surface area contributed by atoms with Crippen molar-refractivity contribution in [3.63, 3.8) is 0 Å². The first kappa shape index (κ1) is 18.1. The van der Waals surface area contributed by atoms with E-state index >= 15 is 0 Å². The van der Waals surface area contributed by atoms with Crippen LogP contribution in [0.25, 0.3) is 0 Å². The lowest BCUT2D eigenvalue weighted by Crippen LogP contribution is -1.99. The molecule has 0 spiro atoms. The maximum Gasteiger partial charge on any atom is 0.183 e. The average Bonchev–Trinajstić information content (AvgIpc) is 2.99. The molecule has 0 aliphatic carbocycles. The molecule has 1 heterocycles. The zero-order chi connectivity index (χ0) is 16.3. The van der Waals surface area contributed by atoms with Crippen molar-refractivity contribution >= 4 is 28.6 Å². The maximum absolute atomic E-state index is 5.82. The Balaban J connectivity index is 1.62. The SMILES string of the molecule is CCCCCCCCOc1ccc(NCc2cnc(Cl)s2)cc1. The van der Waals surface area contributed by atoms with Crippen LogP contribution in [-0.4, -0.2) is 11.6 Å². The zero-order valence-electron chi connectivity index (χ0n) is 13.7. The molecule has 23 heavy (non-hydrogen) atoms. The number of halogens is 1. The predicted molar refractivity (Wildman–Crippen MR) is 99.8 cm³/mol. The standard InChI is InChI=1S/C18H25ClN2OS/c1-2-3-4-5-6-7-12-22-16-10-8-15(9-11-16)20-13-17-14-21-18(19)23-17/h8-11,14,20H,2-7,12-13H2,1H3. The summed E-state index contributed by atoms with van der Waals surface area (Å²) in [5.41, 5.74) is 1.07. The van der Waals surface area contributed by atoms with Crippen molar-refractivity contribution in [2.45, 2.75) is 52.0 Å². The highest BCUT2D eigenvalue weighted by molar-refractivity contribution is 7.15. The lowest BCUT2D eigenvalue weighted by Gasteiger charge is -2.08. The topological polar surface area (TPSA) is 34.1 Å². The lowest BCUT2D eigenvalue weighted by atomic mass is 10.1. The molecule has 5 heteroatoms. The van der Waals surface area contributed by atoms with Gasteiger partial charge < -0.3 is 10.1 Å². The van der Waals surface area contributed by atoms with Crippen molar-refractivity contribution in [1.29, 1.82) is 0 Å². The van der Waals surface area contributed by atoms with Gasteiger partial charge in [0.25, 0.3) is 0 Å². The fourth-order valence-electron chi connectivity index (χ4n) is 2.30. The van der Waals surface area contributed by atoms with E-state index < -0.39 is 0 Å². The van der Waals surface area contributed by atoms with Gasteiger partial charge in [-0.2, -0.15) is 0 Å². The number of hydrogen-bond acceptors (Lipinski definition) is 4. The number of anilines is 1. The van der Waals surface area contributed by atoms with Gasteiger partial charge in [-0.15, -0.1) is 11.3 Å². The third-order valence-electron chi connectivity index (χ3n) is 3.61. The van der Waals surface area contributed by atoms with Gasteiger partial charge in [0, 0.05) is 16.8 Å². The smallest absolute Gasteiger partial charge is 0.183 e. The molecule has 0 radical (unpaired) electrons. The number of aromatic nitrogens is 1. The Hall–Kier alpha value is -1.26. The molecule has 0 aliphatic heterocycles. The minimum absolute atomic E-state index is 0.584. The molecule has 0 fully saturated rings. The van der Waals surface area contributed by atoms with Gasteiger partial charge in [0.05, 0.1) is 13.2 Å². The van der Waals surface area contributed by atoms with Crippen LogP contribution in [0.1, 0.15) is 50.3 Å². The van der Waals surface area contributed by atoms with E-state index in [9.17, 15) is 0 Å². The Morgan fingerprint density at radius 2 is 1.83 bits per heavy atom. The van der Waals surface area contributed by atoms with E-state index in [1.165, 1.54) is 43.4 Å². The Morgan fingerprint density at radius 3 is 2.52 bits per heavy atom. The van der Waals surface area contributed by atoms with Crippen LogP contribution in [-0.2, 0) is 6.54 Å². The van der Waals surface area contributed by atoms with Gasteiger partial charge >= 0.3 is 0 Å². The van der Waals surface area contributed by atoms with E-state index in [4.69, 9.17) is 16.3 Å². The highest BCUT2D eigenvalue weighted by atomic mass is 35.5. The van der Waals surface area contributed by atoms with Crippen LogP contribution >= 0.6 is 22.9 Å². The molecule has 1 aromatic carbocycles. The van der Waals surface area contributed by atoms with Gasteiger partial charge in [-0.05, 0) is 30.7 Å². The van der Waals surface area contributed by atoms with Gasteiger partial charge in [0.1, 0.15) is 5.75 Å². The molecule has 0 unspecified atom stereocenters. The van der Waals surface area contributed by atoms with E-state index in [0.717, 1.165) is 35.9 Å². The molecule has 0 atom stereocenters. The number of benzene rings is 1. The average molecular weight is 353 g/mol. The summed E-state index contributed by atoms with van der Waals surface area (Å²) in [5, 5.41) is 3.35. The van der Waals surface area contributed by atoms with Crippen LogP contribution < -0.4 is 10.1 Å². The second kappa shape index (κ2) is 10.5. The van der Waals surface area contributed by atoms with Crippen LogP contribution in [0.3, 0.4) is 0 Å². The normalized spacial score (nSPS) is 10.7. The molecular formula is C18H25ClN2OS. The van der Waals surface area contributed by atoms with Crippen molar-refractivity contribution in [2.75, 3.05) is 11.9 Å². The van der Waals surface area contributed by atoms with Crippen molar-refractivity contribution in [3.8, 4) is 5.75 Å². The van der Waals surface area contributed by atoms with Crippen LogP contribution in [0.4, 0.5) is 5.69 Å². The molecule has 0 aliphatic rings. The number of ether oxygens (including phenoxy) is 1. The summed E-state index contributed by atoms with van der Waals surface area (Å²) in [6.45, 7) is 3.79. The molecule has 0 saturated carbocycles. The molecule has 2 aromatic rings. The van der Waals surface area contributed by atoms with Crippen LogP contribution in [0.2, 0.25) is 4.47 Å². The number of hydrogen-bond donors (Lipinski definition) is 1. The molecule has 2 rings (SSSR count). The second-order valence-corrected chi connectivity index (χ2v) is 7.27. The van der Waals surface area contributed by atoms with Crippen LogP contribution in [0.15, 0.2) is 30.5 Å². The zero-order valence-corrected chi connectivity index (χ0v) is 15.3. The number of rotatable bonds is 11. The van der Waals surface area contributed by atoms with Gasteiger partial charge in [-0.25, -0.2) is 4.98 Å². The first-order valence-electron chi connectivity index (χ1n) is 8.35. The summed E-state index contributed by atoms with van der Waals surface area (Å²) in [6.07, 6.45) is 9.52. The summed E-state index contributed by atoms with van der Waals surface area (Å²) < 4.78 is 6.36. The summed E-state index contributed by atoms with van der Waals surface area (Å²) in [7, 11) is 0. The van der Waals surface area contributed by atoms with Gasteiger partial charge in [-0.1, -0.05) is 50.6 Å². The highest BCUT2D eigenvalue weighted by Crippen LogP contribution is 2.20. The summed E-state index contributed by atoms with van der Waals surface area (Å²) in [4.78, 5) is 5.16. The first-order valence-corrected chi connectivity index (χ1v) is 9.54. The Kier molecular flexibility index (Phi) is 8.26. The van der Waals surface area contributed by atoms with Crippen molar-refractivity contribution < 1.29 is 4.74 Å². The van der Waals surface area contributed by atoms with Gasteiger partial charge in [0.2, 0.25) is 0 Å². The minimum atomic E-state index is 0.584. The predicted octanol–water partition coefficient (Wildman–Crippen LogP) is 6.15. The molecule has 126 valence electrons. The molecule has 0 saturated heterocycles. The van der Waals surface area contributed by atoms with Gasteiger partial charge in [0.15, 0.2) is 4.47 Å². The molecule has 3 nitrogen and oxygen atoms in total. The third-order valence-corrected chi connectivity index (χ3v) is 4.73. The summed E-state index contributed by atoms with van der Waals surface area (Å²) in [5.74, 6) is 0.935. The maximum atomic E-state index is 5.82. The lowest BCUT2D eigenvalue weighted by molar-refractivity contribution is 0.304. The van der Waals surface area contributed by atoms with Crippen molar-refractivity contribution in [3.05, 3.63) is 39.8 Å². The number of nitrogens with zero attached hydrogens (tertiary/aromatic N) is 1. The number of unbranched alkanes of at least 4 members (excludes halogenated alkanes) is 5.